The van der Waals surface area contributed by atoms with Gasteiger partial charge in [-0.3, -0.25) is 4.79 Å². The maximum absolute atomic E-state index is 11.2. The molecule has 2 fully saturated rings. The van der Waals surface area contributed by atoms with Gasteiger partial charge in [0.25, 0.3) is 0 Å². The molecule has 1 spiro atoms. The van der Waals surface area contributed by atoms with E-state index in [4.69, 9.17) is 9.78 Å². The van der Waals surface area contributed by atoms with Gasteiger partial charge in [0, 0.05) is 6.42 Å². The van der Waals surface area contributed by atoms with E-state index >= 15 is 0 Å². The highest BCUT2D eigenvalue weighted by Crippen LogP contribution is 2.39. The summed E-state index contributed by atoms with van der Waals surface area (Å²) in [6.45, 7) is 0.431. The van der Waals surface area contributed by atoms with Crippen LogP contribution in [0.5, 0.6) is 0 Å². The third kappa shape index (κ3) is 0.707. The highest BCUT2D eigenvalue weighted by Gasteiger charge is 2.48. The molecule has 2 rings (SSSR count). The van der Waals surface area contributed by atoms with E-state index in [0.29, 0.717) is 13.0 Å². The lowest BCUT2D eigenvalue weighted by Crippen LogP contribution is -2.50. The van der Waals surface area contributed by atoms with Crippen molar-refractivity contribution in [1.29, 1.82) is 0 Å². The molecule has 0 bridgehead atoms. The quantitative estimate of drug-likeness (QED) is 0.470. The molecule has 1 aliphatic carbocycles. The van der Waals surface area contributed by atoms with E-state index in [9.17, 15) is 4.79 Å². The monoisotopic (exact) mass is 142 g/mol. The zero-order valence-corrected chi connectivity index (χ0v) is 5.76. The van der Waals surface area contributed by atoms with E-state index in [1.165, 1.54) is 0 Å². The molecule has 0 aromatic heterocycles. The van der Waals surface area contributed by atoms with Crippen molar-refractivity contribution in [1.82, 2.24) is 0 Å². The first-order valence-electron chi connectivity index (χ1n) is 3.67. The fourth-order valence-electron chi connectivity index (χ4n) is 1.42. The summed E-state index contributed by atoms with van der Waals surface area (Å²) in [4.78, 5) is 20.9. The van der Waals surface area contributed by atoms with Crippen molar-refractivity contribution in [3.63, 3.8) is 0 Å². The van der Waals surface area contributed by atoms with Crippen molar-refractivity contribution < 1.29 is 14.6 Å². The molecule has 0 N–H and O–H groups in total. The molecule has 10 heavy (non-hydrogen) atoms. The molecule has 3 heteroatoms. The molecule has 0 unspecified atom stereocenters. The lowest BCUT2D eigenvalue weighted by molar-refractivity contribution is -0.377. The summed E-state index contributed by atoms with van der Waals surface area (Å²) < 4.78 is 0. The van der Waals surface area contributed by atoms with Crippen molar-refractivity contribution in [2.24, 2.45) is 0 Å². The molecular weight excluding hydrogens is 132 g/mol. The van der Waals surface area contributed by atoms with Crippen molar-refractivity contribution in [2.45, 2.75) is 31.3 Å². The Morgan fingerprint density at radius 3 is 2.60 bits per heavy atom. The van der Waals surface area contributed by atoms with Gasteiger partial charge in [0.2, 0.25) is 0 Å². The van der Waals surface area contributed by atoms with Gasteiger partial charge in [-0.25, -0.2) is 9.78 Å². The normalized spacial score (nSPS) is 30.2. The molecular formula is C7H10O3. The largest absolute Gasteiger partial charge is 0.296 e. The number of ketones is 1. The van der Waals surface area contributed by atoms with Crippen molar-refractivity contribution >= 4 is 5.78 Å². The summed E-state index contributed by atoms with van der Waals surface area (Å²) in [5.41, 5.74) is -0.502. The Morgan fingerprint density at radius 1 is 1.40 bits per heavy atom. The topological polar surface area (TPSA) is 35.5 Å². The van der Waals surface area contributed by atoms with Gasteiger partial charge >= 0.3 is 0 Å². The first-order chi connectivity index (χ1) is 4.83. The number of carbonyl (C=O) groups is 1. The molecule has 0 amide bonds. The van der Waals surface area contributed by atoms with E-state index in [2.05, 4.69) is 0 Å². The Kier molecular flexibility index (Phi) is 1.28. The molecule has 0 aromatic carbocycles. The number of rotatable bonds is 0. The lowest BCUT2D eigenvalue weighted by Gasteiger charge is -2.40. The Labute approximate surface area is 59.2 Å². The van der Waals surface area contributed by atoms with Gasteiger partial charge < -0.3 is 0 Å². The highest BCUT2D eigenvalue weighted by molar-refractivity contribution is 5.88. The third-order valence-corrected chi connectivity index (χ3v) is 2.30. The predicted molar refractivity (Wildman–Crippen MR) is 33.2 cm³/mol. The first kappa shape index (κ1) is 6.31. The van der Waals surface area contributed by atoms with E-state index in [1.807, 2.05) is 0 Å². The van der Waals surface area contributed by atoms with Crippen LogP contribution in [0.2, 0.25) is 0 Å². The van der Waals surface area contributed by atoms with E-state index in [0.717, 1.165) is 19.3 Å². The Bertz CT molecular complexity index is 160. The van der Waals surface area contributed by atoms with Gasteiger partial charge in [-0.1, -0.05) is 0 Å². The van der Waals surface area contributed by atoms with Gasteiger partial charge in [0.05, 0.1) is 6.61 Å². The second kappa shape index (κ2) is 2.04. The number of hydrogen-bond donors (Lipinski definition) is 0. The van der Waals surface area contributed by atoms with Crippen LogP contribution in [0.15, 0.2) is 0 Å². The summed E-state index contributed by atoms with van der Waals surface area (Å²) in [7, 11) is 0. The van der Waals surface area contributed by atoms with E-state index in [1.54, 1.807) is 0 Å². The van der Waals surface area contributed by atoms with Crippen LogP contribution in [0, 0.1) is 0 Å². The molecule has 1 aliphatic heterocycles. The van der Waals surface area contributed by atoms with Crippen LogP contribution < -0.4 is 0 Å². The molecule has 1 saturated carbocycles. The summed E-state index contributed by atoms with van der Waals surface area (Å²) in [6, 6.07) is 0. The summed E-state index contributed by atoms with van der Waals surface area (Å²) in [6.07, 6.45) is 3.33. The van der Waals surface area contributed by atoms with Crippen LogP contribution in [-0.4, -0.2) is 18.0 Å². The van der Waals surface area contributed by atoms with E-state index in [-0.39, 0.29) is 5.78 Å². The van der Waals surface area contributed by atoms with Crippen LogP contribution in [-0.2, 0) is 14.6 Å². The zero-order chi connectivity index (χ0) is 7.03. The Hall–Kier alpha value is -0.410. The van der Waals surface area contributed by atoms with Gasteiger partial charge in [-0.05, 0) is 19.3 Å². The minimum Gasteiger partial charge on any atom is -0.296 e. The average Bonchev–Trinajstić information content (AvgIpc) is 1.85. The standard InChI is InChI=1S/C7H10O3/c8-6-2-5-9-10-7(6)3-1-4-7/h1-5H2. The second-order valence-electron chi connectivity index (χ2n) is 2.93. The molecule has 56 valence electrons. The Morgan fingerprint density at radius 2 is 2.20 bits per heavy atom. The van der Waals surface area contributed by atoms with Gasteiger partial charge in [0.1, 0.15) is 0 Å². The fraction of sp³-hybridized carbons (Fsp3) is 0.857. The fourth-order valence-corrected chi connectivity index (χ4v) is 1.42. The maximum atomic E-state index is 11.2. The van der Waals surface area contributed by atoms with Crippen LogP contribution in [0.1, 0.15) is 25.7 Å². The maximum Gasteiger partial charge on any atom is 0.170 e. The van der Waals surface area contributed by atoms with Crippen molar-refractivity contribution in [3.8, 4) is 0 Å². The van der Waals surface area contributed by atoms with Gasteiger partial charge in [0.15, 0.2) is 11.4 Å². The minimum atomic E-state index is -0.502. The highest BCUT2D eigenvalue weighted by atomic mass is 17.2. The Balaban J connectivity index is 2.10. The molecule has 2 aliphatic rings. The van der Waals surface area contributed by atoms with E-state index < -0.39 is 5.60 Å². The molecule has 1 saturated heterocycles. The molecule has 0 aromatic rings. The summed E-state index contributed by atoms with van der Waals surface area (Å²) >= 11 is 0. The summed E-state index contributed by atoms with van der Waals surface area (Å²) in [5, 5.41) is 0. The molecule has 0 atom stereocenters. The van der Waals surface area contributed by atoms with Gasteiger partial charge in [-0.15, -0.1) is 0 Å². The molecule has 0 radical (unpaired) electrons. The van der Waals surface area contributed by atoms with Crippen LogP contribution in [0.25, 0.3) is 0 Å². The third-order valence-electron chi connectivity index (χ3n) is 2.30. The molecule has 1 heterocycles. The first-order valence-corrected chi connectivity index (χ1v) is 3.67. The van der Waals surface area contributed by atoms with Crippen molar-refractivity contribution in [2.75, 3.05) is 6.61 Å². The van der Waals surface area contributed by atoms with Crippen LogP contribution >= 0.6 is 0 Å². The smallest absolute Gasteiger partial charge is 0.170 e. The summed E-state index contributed by atoms with van der Waals surface area (Å²) in [5.74, 6) is 0.227. The number of Topliss-reactive ketones (excluding diaryl/α,β-unsaturated/α-hetero) is 1. The second-order valence-corrected chi connectivity index (χ2v) is 2.93. The van der Waals surface area contributed by atoms with Crippen LogP contribution in [0.3, 0.4) is 0 Å². The SMILES string of the molecule is O=C1CCOOC12CCC2. The minimum absolute atomic E-state index is 0.227. The average molecular weight is 142 g/mol. The lowest BCUT2D eigenvalue weighted by atomic mass is 9.76. The molecule has 3 nitrogen and oxygen atoms in total. The number of hydrogen-bond acceptors (Lipinski definition) is 3. The van der Waals surface area contributed by atoms with Crippen LogP contribution in [0.4, 0.5) is 0 Å². The van der Waals surface area contributed by atoms with Gasteiger partial charge in [-0.2, -0.15) is 0 Å². The van der Waals surface area contributed by atoms with Crippen molar-refractivity contribution in [3.05, 3.63) is 0 Å². The predicted octanol–water partition coefficient (Wildman–Crippen LogP) is 0.830. The zero-order valence-electron chi connectivity index (χ0n) is 5.76. The number of carbonyl (C=O) groups excluding carboxylic acids is 1.